The van der Waals surface area contributed by atoms with Crippen molar-refractivity contribution in [3.63, 3.8) is 0 Å². The van der Waals surface area contributed by atoms with Gasteiger partial charge >= 0.3 is 0 Å². The zero-order valence-corrected chi connectivity index (χ0v) is 11.4. The topological polar surface area (TPSA) is 83.0 Å². The number of oxime groups is 1. The maximum atomic E-state index is 12.0. The van der Waals surface area contributed by atoms with E-state index in [2.05, 4.69) is 20.6 Å². The van der Waals surface area contributed by atoms with Gasteiger partial charge in [0.05, 0.1) is 17.9 Å². The van der Waals surface area contributed by atoms with E-state index in [0.717, 1.165) is 11.3 Å². The molecule has 2 rings (SSSR count). The summed E-state index contributed by atoms with van der Waals surface area (Å²) in [6.07, 6.45) is -0.171. The Morgan fingerprint density at radius 2 is 2.30 bits per heavy atom. The minimum Gasteiger partial charge on any atom is -0.399 e. The molecule has 0 aromatic heterocycles. The van der Waals surface area contributed by atoms with Gasteiger partial charge in [0.15, 0.2) is 0 Å². The Labute approximate surface area is 117 Å². The summed E-state index contributed by atoms with van der Waals surface area (Å²) in [7, 11) is 1.48. The van der Waals surface area contributed by atoms with Crippen molar-refractivity contribution in [3.05, 3.63) is 35.9 Å². The molecule has 1 amide bonds. The van der Waals surface area contributed by atoms with Gasteiger partial charge < -0.3 is 20.6 Å². The second kappa shape index (κ2) is 7.02. The Bertz CT molecular complexity index is 476. The van der Waals surface area contributed by atoms with Crippen LogP contribution in [0.4, 0.5) is 0 Å². The molecule has 0 unspecified atom stereocenters. The molecule has 0 radical (unpaired) electrons. The maximum absolute atomic E-state index is 12.0. The summed E-state index contributed by atoms with van der Waals surface area (Å²) in [5, 5.41) is 19.6. The number of carbonyl (C=O) groups excluding carboxylic acids is 1. The lowest BCUT2D eigenvalue weighted by atomic mass is 10.1. The number of nitrogens with one attached hydrogen (secondary N) is 2. The Balaban J connectivity index is 1.80. The van der Waals surface area contributed by atoms with Gasteiger partial charge in [-0.05, 0) is 5.56 Å². The summed E-state index contributed by atoms with van der Waals surface area (Å²) in [5.74, 6) is -0.138. The Hall–Kier alpha value is -1.92. The Morgan fingerprint density at radius 1 is 1.55 bits per heavy atom. The molecule has 6 heteroatoms. The molecule has 0 bridgehead atoms. The highest BCUT2D eigenvalue weighted by molar-refractivity contribution is 5.96. The lowest BCUT2D eigenvalue weighted by Gasteiger charge is -2.14. The molecule has 1 aromatic carbocycles. The van der Waals surface area contributed by atoms with E-state index in [4.69, 9.17) is 0 Å². The number of aliphatic hydroxyl groups excluding tert-OH is 1. The van der Waals surface area contributed by atoms with Crippen molar-refractivity contribution in [2.45, 2.75) is 18.6 Å². The first-order chi connectivity index (χ1) is 9.70. The minimum absolute atomic E-state index is 0.138. The van der Waals surface area contributed by atoms with E-state index >= 15 is 0 Å². The highest BCUT2D eigenvalue weighted by Crippen LogP contribution is 2.11. The number of rotatable bonds is 5. The lowest BCUT2D eigenvalue weighted by molar-refractivity contribution is -0.123. The van der Waals surface area contributed by atoms with Crippen LogP contribution in [0.15, 0.2) is 35.5 Å². The molecule has 1 aliphatic heterocycles. The number of nitrogens with zero attached hydrogens (tertiary/aromatic N) is 1. The molecule has 0 spiro atoms. The van der Waals surface area contributed by atoms with Crippen LogP contribution in [0, 0.1) is 0 Å². The Morgan fingerprint density at radius 3 is 3.00 bits per heavy atom. The molecule has 3 N–H and O–H groups in total. The second-order valence-electron chi connectivity index (χ2n) is 4.65. The van der Waals surface area contributed by atoms with Crippen LogP contribution in [-0.2, 0) is 9.63 Å². The second-order valence-corrected chi connectivity index (χ2v) is 4.65. The lowest BCUT2D eigenvalue weighted by Crippen LogP contribution is -2.41. The molecule has 20 heavy (non-hydrogen) atoms. The summed E-state index contributed by atoms with van der Waals surface area (Å²) >= 11 is 0. The molecule has 108 valence electrons. The van der Waals surface area contributed by atoms with Crippen molar-refractivity contribution in [3.8, 4) is 0 Å². The molecule has 1 aliphatic rings. The molecular formula is C14H19N3O3. The van der Waals surface area contributed by atoms with E-state index in [0.29, 0.717) is 13.0 Å². The van der Waals surface area contributed by atoms with Gasteiger partial charge in [-0.3, -0.25) is 4.79 Å². The summed E-state index contributed by atoms with van der Waals surface area (Å²) in [6.45, 7) is 0.741. The Kier molecular flexibility index (Phi) is 5.09. The third-order valence-electron chi connectivity index (χ3n) is 3.18. The quantitative estimate of drug-likeness (QED) is 0.671. The van der Waals surface area contributed by atoms with Crippen molar-refractivity contribution < 1.29 is 14.7 Å². The minimum atomic E-state index is -0.700. The average Bonchev–Trinajstić information content (AvgIpc) is 2.94. The maximum Gasteiger partial charge on any atom is 0.237 e. The molecule has 6 nitrogen and oxygen atoms in total. The van der Waals surface area contributed by atoms with Crippen LogP contribution in [0.3, 0.4) is 0 Å². The largest absolute Gasteiger partial charge is 0.399 e. The summed E-state index contributed by atoms with van der Waals surface area (Å²) in [5.41, 5.74) is 1.60. The standard InChI is InChI=1S/C14H19N3O3/c1-20-17-11-7-12(15-8-11)14(19)16-9-13(18)10-5-3-2-4-6-10/h2-6,12-13,15,18H,7-9H2,1H3,(H,16,19)/b17-11+/t12-,13-/m0/s1. The third-order valence-corrected chi connectivity index (χ3v) is 3.18. The van der Waals surface area contributed by atoms with Crippen LogP contribution >= 0.6 is 0 Å². The molecule has 0 aliphatic carbocycles. The number of benzene rings is 1. The molecule has 1 heterocycles. The van der Waals surface area contributed by atoms with E-state index in [9.17, 15) is 9.90 Å². The third kappa shape index (κ3) is 3.79. The number of hydrogen-bond acceptors (Lipinski definition) is 5. The van der Waals surface area contributed by atoms with E-state index in [-0.39, 0.29) is 18.5 Å². The van der Waals surface area contributed by atoms with E-state index < -0.39 is 6.10 Å². The fraction of sp³-hybridized carbons (Fsp3) is 0.429. The smallest absolute Gasteiger partial charge is 0.237 e. The molecular weight excluding hydrogens is 258 g/mol. The first kappa shape index (κ1) is 14.5. The van der Waals surface area contributed by atoms with Crippen LogP contribution in [-0.4, -0.2) is 43.0 Å². The average molecular weight is 277 g/mol. The zero-order chi connectivity index (χ0) is 14.4. The summed E-state index contributed by atoms with van der Waals surface area (Å²) in [4.78, 5) is 16.6. The normalized spacial score (nSPS) is 21.7. The van der Waals surface area contributed by atoms with Crippen molar-refractivity contribution in [2.24, 2.45) is 5.16 Å². The molecule has 0 saturated carbocycles. The fourth-order valence-corrected chi connectivity index (χ4v) is 2.12. The molecule has 1 saturated heterocycles. The zero-order valence-electron chi connectivity index (χ0n) is 11.4. The van der Waals surface area contributed by atoms with Crippen molar-refractivity contribution in [1.82, 2.24) is 10.6 Å². The SMILES string of the molecule is CO/N=C1/CN[C@H](C(=O)NC[C@H](O)c2ccccc2)C1. The fourth-order valence-electron chi connectivity index (χ4n) is 2.12. The van der Waals surface area contributed by atoms with E-state index in [1.807, 2.05) is 30.3 Å². The highest BCUT2D eigenvalue weighted by Gasteiger charge is 2.27. The number of aliphatic hydroxyl groups is 1. The molecule has 1 fully saturated rings. The first-order valence-corrected chi connectivity index (χ1v) is 6.53. The van der Waals surface area contributed by atoms with Gasteiger partial charge in [-0.15, -0.1) is 0 Å². The van der Waals surface area contributed by atoms with Crippen LogP contribution in [0.2, 0.25) is 0 Å². The van der Waals surface area contributed by atoms with Crippen molar-refractivity contribution in [2.75, 3.05) is 20.2 Å². The van der Waals surface area contributed by atoms with Crippen LogP contribution in [0.5, 0.6) is 0 Å². The number of hydrogen-bond donors (Lipinski definition) is 3. The van der Waals surface area contributed by atoms with E-state index in [1.165, 1.54) is 7.11 Å². The predicted molar refractivity (Wildman–Crippen MR) is 75.3 cm³/mol. The van der Waals surface area contributed by atoms with Gasteiger partial charge in [-0.25, -0.2) is 0 Å². The van der Waals surface area contributed by atoms with E-state index in [1.54, 1.807) is 0 Å². The van der Waals surface area contributed by atoms with Gasteiger partial charge in [0.2, 0.25) is 5.91 Å². The van der Waals surface area contributed by atoms with Crippen molar-refractivity contribution in [1.29, 1.82) is 0 Å². The number of carbonyl (C=O) groups is 1. The molecule has 2 atom stereocenters. The van der Waals surface area contributed by atoms with Gasteiger partial charge in [0.25, 0.3) is 0 Å². The van der Waals surface area contributed by atoms with Gasteiger partial charge in [0.1, 0.15) is 7.11 Å². The van der Waals surface area contributed by atoms with Gasteiger partial charge in [0, 0.05) is 19.5 Å². The van der Waals surface area contributed by atoms with Gasteiger partial charge in [-0.1, -0.05) is 35.5 Å². The van der Waals surface area contributed by atoms with Crippen LogP contribution < -0.4 is 10.6 Å². The van der Waals surface area contributed by atoms with Crippen molar-refractivity contribution >= 4 is 11.6 Å². The summed E-state index contributed by atoms with van der Waals surface area (Å²) in [6, 6.07) is 8.93. The predicted octanol–water partition coefficient (Wildman–Crippen LogP) is 0.201. The first-order valence-electron chi connectivity index (χ1n) is 6.53. The van der Waals surface area contributed by atoms with Crippen LogP contribution in [0.1, 0.15) is 18.1 Å². The highest BCUT2D eigenvalue weighted by atomic mass is 16.6. The number of amides is 1. The monoisotopic (exact) mass is 277 g/mol. The van der Waals surface area contributed by atoms with Crippen LogP contribution in [0.25, 0.3) is 0 Å². The molecule has 1 aromatic rings. The van der Waals surface area contributed by atoms with Gasteiger partial charge in [-0.2, -0.15) is 0 Å². The summed E-state index contributed by atoms with van der Waals surface area (Å²) < 4.78 is 0.